The lowest BCUT2D eigenvalue weighted by atomic mass is 10.4. The number of nitrogens with zero attached hydrogens (tertiary/aromatic N) is 4. The van der Waals surface area contributed by atoms with Crippen molar-refractivity contribution in [1.29, 1.82) is 0 Å². The SMILES string of the molecule is c1cncc(Oc2cc(Oc3cccnc3)ncn2)c1. The molecule has 3 aromatic heterocycles. The first kappa shape index (κ1) is 12.0. The fourth-order valence-corrected chi connectivity index (χ4v) is 1.49. The molecule has 0 fully saturated rings. The summed E-state index contributed by atoms with van der Waals surface area (Å²) in [5.74, 6) is 1.95. The molecule has 3 aromatic rings. The maximum Gasteiger partial charge on any atom is 0.226 e. The normalized spacial score (nSPS) is 10.0. The van der Waals surface area contributed by atoms with Gasteiger partial charge in [-0.2, -0.15) is 0 Å². The first-order chi connectivity index (χ1) is 9.90. The molecule has 0 radical (unpaired) electrons. The van der Waals surface area contributed by atoms with Gasteiger partial charge in [0.25, 0.3) is 0 Å². The van der Waals surface area contributed by atoms with Crippen LogP contribution in [0.25, 0.3) is 0 Å². The van der Waals surface area contributed by atoms with Gasteiger partial charge in [0, 0.05) is 12.4 Å². The third-order valence-corrected chi connectivity index (χ3v) is 2.33. The number of aromatic nitrogens is 4. The average Bonchev–Trinajstić information content (AvgIpc) is 2.50. The lowest BCUT2D eigenvalue weighted by Gasteiger charge is -2.06. The Morgan fingerprint density at radius 1 is 0.750 bits per heavy atom. The molecule has 98 valence electrons. The van der Waals surface area contributed by atoms with E-state index in [0.29, 0.717) is 23.3 Å². The number of ether oxygens (including phenoxy) is 2. The van der Waals surface area contributed by atoms with Crippen LogP contribution in [0.2, 0.25) is 0 Å². The van der Waals surface area contributed by atoms with E-state index in [-0.39, 0.29) is 0 Å². The Bertz CT molecular complexity index is 620. The van der Waals surface area contributed by atoms with E-state index in [4.69, 9.17) is 9.47 Å². The standard InChI is InChI=1S/C14H10N4O2/c1-3-11(8-15-5-1)19-13-7-14(18-10-17-13)20-12-4-2-6-16-9-12/h1-10H. The Hall–Kier alpha value is -3.02. The lowest BCUT2D eigenvalue weighted by Crippen LogP contribution is -1.93. The van der Waals surface area contributed by atoms with Crippen LogP contribution in [0.4, 0.5) is 0 Å². The van der Waals surface area contributed by atoms with Crippen LogP contribution >= 0.6 is 0 Å². The Morgan fingerprint density at radius 2 is 1.30 bits per heavy atom. The van der Waals surface area contributed by atoms with Crippen molar-refractivity contribution < 1.29 is 9.47 Å². The van der Waals surface area contributed by atoms with Gasteiger partial charge in [-0.25, -0.2) is 9.97 Å². The lowest BCUT2D eigenvalue weighted by molar-refractivity contribution is 0.431. The smallest absolute Gasteiger partial charge is 0.226 e. The van der Waals surface area contributed by atoms with Gasteiger partial charge >= 0.3 is 0 Å². The van der Waals surface area contributed by atoms with Crippen molar-refractivity contribution in [3.05, 3.63) is 61.4 Å². The molecule has 3 rings (SSSR count). The highest BCUT2D eigenvalue weighted by Gasteiger charge is 2.03. The molecule has 0 unspecified atom stereocenters. The highest BCUT2D eigenvalue weighted by atomic mass is 16.5. The van der Waals surface area contributed by atoms with Crippen LogP contribution in [0, 0.1) is 0 Å². The Balaban J connectivity index is 1.76. The second-order valence-corrected chi connectivity index (χ2v) is 3.78. The van der Waals surface area contributed by atoms with E-state index >= 15 is 0 Å². The van der Waals surface area contributed by atoms with Gasteiger partial charge in [-0.1, -0.05) is 0 Å². The van der Waals surface area contributed by atoms with Gasteiger partial charge < -0.3 is 9.47 Å². The summed E-state index contributed by atoms with van der Waals surface area (Å²) in [4.78, 5) is 16.0. The first-order valence-electron chi connectivity index (χ1n) is 5.88. The zero-order chi connectivity index (χ0) is 13.6. The quantitative estimate of drug-likeness (QED) is 0.723. The van der Waals surface area contributed by atoms with E-state index in [1.165, 1.54) is 6.33 Å². The van der Waals surface area contributed by atoms with Crippen LogP contribution in [0.5, 0.6) is 23.3 Å². The molecule has 6 heteroatoms. The third-order valence-electron chi connectivity index (χ3n) is 2.33. The first-order valence-corrected chi connectivity index (χ1v) is 5.88. The second-order valence-electron chi connectivity index (χ2n) is 3.78. The molecule has 0 saturated carbocycles. The molecule has 3 heterocycles. The van der Waals surface area contributed by atoms with Crippen LogP contribution < -0.4 is 9.47 Å². The van der Waals surface area contributed by atoms with Gasteiger partial charge in [-0.3, -0.25) is 9.97 Å². The van der Waals surface area contributed by atoms with Crippen LogP contribution in [0.1, 0.15) is 0 Å². The fourth-order valence-electron chi connectivity index (χ4n) is 1.49. The summed E-state index contributed by atoms with van der Waals surface area (Å²) in [6.45, 7) is 0. The number of rotatable bonds is 4. The second kappa shape index (κ2) is 5.75. The molecule has 6 nitrogen and oxygen atoms in total. The minimum Gasteiger partial charge on any atom is -0.437 e. The summed E-state index contributed by atoms with van der Waals surface area (Å²) in [5, 5.41) is 0. The molecule has 20 heavy (non-hydrogen) atoms. The molecular weight excluding hydrogens is 256 g/mol. The van der Waals surface area contributed by atoms with Crippen molar-refractivity contribution in [1.82, 2.24) is 19.9 Å². The van der Waals surface area contributed by atoms with E-state index in [1.807, 2.05) is 0 Å². The predicted octanol–water partition coefficient (Wildman–Crippen LogP) is 2.85. The topological polar surface area (TPSA) is 70.0 Å². The molecule has 0 spiro atoms. The molecular formula is C14H10N4O2. The minimum absolute atomic E-state index is 0.381. The van der Waals surface area contributed by atoms with Crippen LogP contribution in [0.15, 0.2) is 61.4 Å². The molecule has 0 aliphatic carbocycles. The summed E-state index contributed by atoms with van der Waals surface area (Å²) < 4.78 is 11.1. The van der Waals surface area contributed by atoms with E-state index in [2.05, 4.69) is 19.9 Å². The zero-order valence-corrected chi connectivity index (χ0v) is 10.4. The maximum atomic E-state index is 5.55. The van der Waals surface area contributed by atoms with Crippen molar-refractivity contribution in [2.24, 2.45) is 0 Å². The van der Waals surface area contributed by atoms with Crippen molar-refractivity contribution in [3.8, 4) is 23.3 Å². The van der Waals surface area contributed by atoms with Gasteiger partial charge in [0.2, 0.25) is 11.8 Å². The molecule has 0 aliphatic heterocycles. The molecule has 0 bridgehead atoms. The van der Waals surface area contributed by atoms with Crippen molar-refractivity contribution in [2.75, 3.05) is 0 Å². The van der Waals surface area contributed by atoms with E-state index in [0.717, 1.165) is 0 Å². The summed E-state index contributed by atoms with van der Waals surface area (Å²) in [6, 6.07) is 8.74. The van der Waals surface area contributed by atoms with Crippen LogP contribution in [0.3, 0.4) is 0 Å². The Morgan fingerprint density at radius 3 is 1.75 bits per heavy atom. The monoisotopic (exact) mass is 266 g/mol. The largest absolute Gasteiger partial charge is 0.437 e. The number of hydrogen-bond donors (Lipinski definition) is 0. The van der Waals surface area contributed by atoms with E-state index in [1.54, 1.807) is 55.1 Å². The van der Waals surface area contributed by atoms with Gasteiger partial charge in [-0.05, 0) is 24.3 Å². The van der Waals surface area contributed by atoms with Gasteiger partial charge in [-0.15, -0.1) is 0 Å². The maximum absolute atomic E-state index is 5.55. The van der Waals surface area contributed by atoms with Crippen molar-refractivity contribution in [2.45, 2.75) is 0 Å². The van der Waals surface area contributed by atoms with E-state index in [9.17, 15) is 0 Å². The van der Waals surface area contributed by atoms with Crippen molar-refractivity contribution in [3.63, 3.8) is 0 Å². The van der Waals surface area contributed by atoms with Crippen LogP contribution in [-0.2, 0) is 0 Å². The Kier molecular flexibility index (Phi) is 3.46. The zero-order valence-electron chi connectivity index (χ0n) is 10.4. The summed E-state index contributed by atoms with van der Waals surface area (Å²) in [6.07, 6.45) is 7.92. The molecule has 0 amide bonds. The third kappa shape index (κ3) is 3.05. The number of pyridine rings is 2. The average molecular weight is 266 g/mol. The molecule has 0 atom stereocenters. The highest BCUT2D eigenvalue weighted by molar-refractivity contribution is 5.28. The summed E-state index contributed by atoms with van der Waals surface area (Å²) in [7, 11) is 0. The molecule has 0 aromatic carbocycles. The van der Waals surface area contributed by atoms with Gasteiger partial charge in [0.15, 0.2) is 0 Å². The van der Waals surface area contributed by atoms with Crippen LogP contribution in [-0.4, -0.2) is 19.9 Å². The van der Waals surface area contributed by atoms with Gasteiger partial charge in [0.05, 0.1) is 18.5 Å². The number of hydrogen-bond acceptors (Lipinski definition) is 6. The molecule has 0 N–H and O–H groups in total. The fraction of sp³-hybridized carbons (Fsp3) is 0. The molecule has 0 saturated heterocycles. The van der Waals surface area contributed by atoms with E-state index < -0.39 is 0 Å². The summed E-state index contributed by atoms with van der Waals surface area (Å²) in [5.41, 5.74) is 0. The summed E-state index contributed by atoms with van der Waals surface area (Å²) >= 11 is 0. The predicted molar refractivity (Wildman–Crippen MR) is 70.7 cm³/mol. The van der Waals surface area contributed by atoms with Gasteiger partial charge in [0.1, 0.15) is 17.8 Å². The Labute approximate surface area is 115 Å². The minimum atomic E-state index is 0.381. The highest BCUT2D eigenvalue weighted by Crippen LogP contribution is 2.23. The molecule has 0 aliphatic rings. The van der Waals surface area contributed by atoms with Crippen molar-refractivity contribution >= 4 is 0 Å².